The second kappa shape index (κ2) is 7.99. The van der Waals surface area contributed by atoms with E-state index < -0.39 is 6.10 Å². The summed E-state index contributed by atoms with van der Waals surface area (Å²) in [6.45, 7) is 4.79. The van der Waals surface area contributed by atoms with Crippen LogP contribution in [0.1, 0.15) is 24.1 Å². The number of aliphatic hydroxyl groups excluding tert-OH is 1. The molecule has 2 atom stereocenters. The number of phenolic OH excluding ortho intramolecular Hbond substituents is 1. The lowest BCUT2D eigenvalue weighted by Gasteiger charge is -2.27. The monoisotopic (exact) mass is 315 g/mol. The standard InChI is InChI=1S/C19H25NO3/c1-14-6-4-9-19(10-14)23-13-18(22)12-20(3)15(2)16-7-5-8-17(21)11-16/h4-11,15,18,21-22H,12-13H2,1-3H3. The van der Waals surface area contributed by atoms with E-state index in [1.807, 2.05) is 62.2 Å². The normalized spacial score (nSPS) is 13.8. The van der Waals surface area contributed by atoms with Crippen molar-refractivity contribution in [3.05, 3.63) is 59.7 Å². The molecule has 0 saturated heterocycles. The molecule has 4 heteroatoms. The van der Waals surface area contributed by atoms with E-state index in [-0.39, 0.29) is 18.4 Å². The molecule has 2 unspecified atom stereocenters. The summed E-state index contributed by atoms with van der Waals surface area (Å²) in [5.74, 6) is 1.03. The van der Waals surface area contributed by atoms with Crippen molar-refractivity contribution in [2.24, 2.45) is 0 Å². The van der Waals surface area contributed by atoms with Crippen molar-refractivity contribution < 1.29 is 14.9 Å². The smallest absolute Gasteiger partial charge is 0.119 e. The van der Waals surface area contributed by atoms with Crippen molar-refractivity contribution in [3.8, 4) is 11.5 Å². The Morgan fingerprint density at radius 3 is 2.57 bits per heavy atom. The summed E-state index contributed by atoms with van der Waals surface area (Å²) < 4.78 is 5.64. The second-order valence-electron chi connectivity index (χ2n) is 5.99. The highest BCUT2D eigenvalue weighted by Gasteiger charge is 2.16. The van der Waals surface area contributed by atoms with Crippen molar-refractivity contribution in [1.29, 1.82) is 0 Å². The van der Waals surface area contributed by atoms with Crippen molar-refractivity contribution >= 4 is 0 Å². The summed E-state index contributed by atoms with van der Waals surface area (Å²) in [7, 11) is 1.95. The van der Waals surface area contributed by atoms with Gasteiger partial charge in [-0.3, -0.25) is 4.90 Å². The topological polar surface area (TPSA) is 52.9 Å². The number of aryl methyl sites for hydroxylation is 1. The minimum atomic E-state index is -0.583. The summed E-state index contributed by atoms with van der Waals surface area (Å²) in [5, 5.41) is 19.8. The number of ether oxygens (including phenoxy) is 1. The van der Waals surface area contributed by atoms with Crippen LogP contribution >= 0.6 is 0 Å². The van der Waals surface area contributed by atoms with Crippen molar-refractivity contribution in [2.45, 2.75) is 26.0 Å². The van der Waals surface area contributed by atoms with E-state index in [0.717, 1.165) is 16.9 Å². The largest absolute Gasteiger partial charge is 0.508 e. The van der Waals surface area contributed by atoms with Gasteiger partial charge in [-0.15, -0.1) is 0 Å². The minimum absolute atomic E-state index is 0.0933. The third kappa shape index (κ3) is 5.27. The first-order valence-corrected chi connectivity index (χ1v) is 7.82. The summed E-state index contributed by atoms with van der Waals surface area (Å²) in [6, 6.07) is 15.1. The van der Waals surface area contributed by atoms with Crippen LogP contribution in [0.5, 0.6) is 11.5 Å². The molecule has 2 N–H and O–H groups in total. The Morgan fingerprint density at radius 1 is 1.13 bits per heavy atom. The zero-order valence-electron chi connectivity index (χ0n) is 13.9. The van der Waals surface area contributed by atoms with Crippen molar-refractivity contribution in [3.63, 3.8) is 0 Å². The highest BCUT2D eigenvalue weighted by atomic mass is 16.5. The van der Waals surface area contributed by atoms with E-state index in [2.05, 4.69) is 0 Å². The van der Waals surface area contributed by atoms with Gasteiger partial charge in [0, 0.05) is 12.6 Å². The van der Waals surface area contributed by atoms with Gasteiger partial charge in [0.15, 0.2) is 0 Å². The lowest BCUT2D eigenvalue weighted by Crippen LogP contribution is -2.34. The molecule has 0 aromatic heterocycles. The van der Waals surface area contributed by atoms with Gasteiger partial charge >= 0.3 is 0 Å². The van der Waals surface area contributed by atoms with Gasteiger partial charge in [-0.2, -0.15) is 0 Å². The Hall–Kier alpha value is -2.04. The van der Waals surface area contributed by atoms with Gasteiger partial charge in [-0.25, -0.2) is 0 Å². The first-order valence-electron chi connectivity index (χ1n) is 7.82. The number of hydrogen-bond acceptors (Lipinski definition) is 4. The highest BCUT2D eigenvalue weighted by molar-refractivity contribution is 5.29. The molecular formula is C19H25NO3. The van der Waals surface area contributed by atoms with Gasteiger partial charge < -0.3 is 14.9 Å². The zero-order chi connectivity index (χ0) is 16.8. The van der Waals surface area contributed by atoms with Crippen LogP contribution in [0.15, 0.2) is 48.5 Å². The SMILES string of the molecule is Cc1cccc(OCC(O)CN(C)C(C)c2cccc(O)c2)c1. The van der Waals surface area contributed by atoms with Gasteiger partial charge in [-0.1, -0.05) is 24.3 Å². The average Bonchev–Trinajstić information content (AvgIpc) is 2.52. The molecule has 0 aliphatic rings. The molecule has 0 fully saturated rings. The van der Waals surface area contributed by atoms with E-state index in [9.17, 15) is 10.2 Å². The fourth-order valence-corrected chi connectivity index (χ4v) is 2.48. The predicted octanol–water partition coefficient (Wildman–Crippen LogP) is 3.13. The molecule has 23 heavy (non-hydrogen) atoms. The zero-order valence-corrected chi connectivity index (χ0v) is 13.9. The van der Waals surface area contributed by atoms with E-state index in [1.165, 1.54) is 0 Å². The molecule has 0 amide bonds. The molecule has 4 nitrogen and oxygen atoms in total. The van der Waals surface area contributed by atoms with Crippen LogP contribution < -0.4 is 4.74 Å². The lowest BCUT2D eigenvalue weighted by atomic mass is 10.1. The number of aromatic hydroxyl groups is 1. The third-order valence-electron chi connectivity index (χ3n) is 3.94. The Balaban J connectivity index is 1.85. The van der Waals surface area contributed by atoms with Gasteiger partial charge in [0.1, 0.15) is 24.2 Å². The molecule has 0 saturated carbocycles. The van der Waals surface area contributed by atoms with Gasteiger partial charge in [0.05, 0.1) is 0 Å². The van der Waals surface area contributed by atoms with Gasteiger partial charge in [0.2, 0.25) is 0 Å². The summed E-state index contributed by atoms with van der Waals surface area (Å²) in [5.41, 5.74) is 2.14. The molecule has 124 valence electrons. The molecule has 0 aliphatic carbocycles. The maximum Gasteiger partial charge on any atom is 0.119 e. The number of phenols is 1. The summed E-state index contributed by atoms with van der Waals surface area (Å²) in [4.78, 5) is 2.04. The maximum atomic E-state index is 10.2. The molecule has 0 aliphatic heterocycles. The van der Waals surface area contributed by atoms with Crippen LogP contribution in [0.2, 0.25) is 0 Å². The Kier molecular flexibility index (Phi) is 6.02. The quantitative estimate of drug-likeness (QED) is 0.824. The minimum Gasteiger partial charge on any atom is -0.508 e. The van der Waals surface area contributed by atoms with E-state index in [1.54, 1.807) is 12.1 Å². The number of nitrogens with zero attached hydrogens (tertiary/aromatic N) is 1. The molecule has 0 spiro atoms. The Morgan fingerprint density at radius 2 is 1.87 bits per heavy atom. The van der Waals surface area contributed by atoms with Crippen LogP contribution in [-0.4, -0.2) is 41.4 Å². The molecule has 2 aromatic rings. The second-order valence-corrected chi connectivity index (χ2v) is 5.99. The number of benzene rings is 2. The fraction of sp³-hybridized carbons (Fsp3) is 0.368. The van der Waals surface area contributed by atoms with Crippen molar-refractivity contribution in [1.82, 2.24) is 4.90 Å². The Labute approximate surface area is 138 Å². The number of rotatable bonds is 7. The molecule has 0 bridgehead atoms. The molecule has 2 rings (SSSR count). The molecule has 0 radical (unpaired) electrons. The van der Waals surface area contributed by atoms with Crippen LogP contribution in [0.4, 0.5) is 0 Å². The highest BCUT2D eigenvalue weighted by Crippen LogP contribution is 2.22. The summed E-state index contributed by atoms with van der Waals surface area (Å²) in [6.07, 6.45) is -0.583. The molecule has 0 heterocycles. The van der Waals surface area contributed by atoms with Crippen molar-refractivity contribution in [2.75, 3.05) is 20.2 Å². The van der Waals surface area contributed by atoms with Crippen LogP contribution in [0.3, 0.4) is 0 Å². The van der Waals surface area contributed by atoms with Gasteiger partial charge in [-0.05, 0) is 56.3 Å². The fourth-order valence-electron chi connectivity index (χ4n) is 2.48. The predicted molar refractivity (Wildman–Crippen MR) is 91.8 cm³/mol. The van der Waals surface area contributed by atoms with E-state index in [4.69, 9.17) is 4.74 Å². The first-order chi connectivity index (χ1) is 11.0. The third-order valence-corrected chi connectivity index (χ3v) is 3.94. The van der Waals surface area contributed by atoms with E-state index >= 15 is 0 Å². The molecular weight excluding hydrogens is 290 g/mol. The number of aliphatic hydroxyl groups is 1. The number of likely N-dealkylation sites (N-methyl/N-ethyl adjacent to an activating group) is 1. The lowest BCUT2D eigenvalue weighted by molar-refractivity contribution is 0.0653. The van der Waals surface area contributed by atoms with Crippen LogP contribution in [0, 0.1) is 6.92 Å². The average molecular weight is 315 g/mol. The van der Waals surface area contributed by atoms with Gasteiger partial charge in [0.25, 0.3) is 0 Å². The number of hydrogen-bond donors (Lipinski definition) is 2. The Bertz CT molecular complexity index is 630. The van der Waals surface area contributed by atoms with E-state index in [0.29, 0.717) is 6.54 Å². The molecule has 2 aromatic carbocycles. The maximum absolute atomic E-state index is 10.2. The van der Waals surface area contributed by atoms with Crippen LogP contribution in [0.25, 0.3) is 0 Å². The van der Waals surface area contributed by atoms with Crippen LogP contribution in [-0.2, 0) is 0 Å². The summed E-state index contributed by atoms with van der Waals surface area (Å²) >= 11 is 0. The first kappa shape index (κ1) is 17.3.